The van der Waals surface area contributed by atoms with E-state index in [9.17, 15) is 4.79 Å². The Bertz CT molecular complexity index is 1020. The average molecular weight is 463 g/mol. The van der Waals surface area contributed by atoms with Crippen molar-refractivity contribution in [3.05, 3.63) is 64.4 Å². The van der Waals surface area contributed by atoms with Gasteiger partial charge in [-0.05, 0) is 38.1 Å². The van der Waals surface area contributed by atoms with Crippen molar-refractivity contribution >= 4 is 64.1 Å². The van der Waals surface area contributed by atoms with Crippen molar-refractivity contribution in [2.45, 2.75) is 24.3 Å². The molecule has 0 saturated carbocycles. The highest BCUT2D eigenvalue weighted by Crippen LogP contribution is 2.33. The van der Waals surface area contributed by atoms with Crippen LogP contribution in [0.4, 0.5) is 23.3 Å². The molecule has 0 aliphatic carbocycles. The van der Waals surface area contributed by atoms with Crippen LogP contribution < -0.4 is 16.4 Å². The first-order chi connectivity index (χ1) is 14.3. The number of carbonyl (C=O) groups is 1. The van der Waals surface area contributed by atoms with Gasteiger partial charge in [0.2, 0.25) is 17.8 Å². The van der Waals surface area contributed by atoms with E-state index < -0.39 is 5.25 Å². The zero-order valence-corrected chi connectivity index (χ0v) is 18.6. The Balaban J connectivity index is 1.69. The minimum absolute atomic E-state index is 0.103. The molecule has 0 radical (unpaired) electrons. The number of para-hydroxylation sites is 2. The maximum absolute atomic E-state index is 12.6. The Morgan fingerprint density at radius 1 is 1.00 bits per heavy atom. The first kappa shape index (κ1) is 22.1. The number of anilines is 4. The van der Waals surface area contributed by atoms with Gasteiger partial charge in [0.25, 0.3) is 0 Å². The van der Waals surface area contributed by atoms with Gasteiger partial charge in [-0.3, -0.25) is 4.79 Å². The third-order valence-electron chi connectivity index (χ3n) is 4.05. The van der Waals surface area contributed by atoms with Crippen molar-refractivity contribution in [2.24, 2.45) is 0 Å². The third kappa shape index (κ3) is 5.75. The molecule has 2 atom stereocenters. The number of rotatable bonds is 7. The lowest BCUT2D eigenvalue weighted by Gasteiger charge is -2.17. The number of benzene rings is 2. The van der Waals surface area contributed by atoms with Crippen LogP contribution in [0.25, 0.3) is 0 Å². The summed E-state index contributed by atoms with van der Waals surface area (Å²) in [5, 5.41) is 6.00. The molecule has 156 valence electrons. The summed E-state index contributed by atoms with van der Waals surface area (Å²) in [6.45, 7) is 3.69. The Hall–Kier alpha value is -2.55. The second-order valence-corrected chi connectivity index (χ2v) is 8.87. The molecule has 0 bridgehead atoms. The highest BCUT2D eigenvalue weighted by atomic mass is 35.5. The second-order valence-electron chi connectivity index (χ2n) is 6.37. The second kappa shape index (κ2) is 9.97. The number of halogens is 2. The molecule has 3 rings (SSSR count). The molecule has 0 aliphatic heterocycles. The number of hydrogen-bond donors (Lipinski definition) is 3. The molecule has 1 amide bonds. The first-order valence-electron chi connectivity index (χ1n) is 9.07. The number of amides is 1. The average Bonchev–Trinajstić information content (AvgIpc) is 2.71. The summed E-state index contributed by atoms with van der Waals surface area (Å²) in [5.74, 6) is 0.690. The van der Waals surface area contributed by atoms with E-state index in [1.807, 2.05) is 37.3 Å². The van der Waals surface area contributed by atoms with Crippen LogP contribution in [-0.2, 0) is 4.79 Å². The molecule has 1 aromatic heterocycles. The van der Waals surface area contributed by atoms with Gasteiger partial charge >= 0.3 is 0 Å². The monoisotopic (exact) mass is 462 g/mol. The number of aromatic nitrogens is 3. The zero-order chi connectivity index (χ0) is 21.7. The standard InChI is InChI=1S/C20H20Cl2N6OS/c1-11(30-12(2)18(29)25-16-14(21)9-6-10-15(16)22)17-26-19(23)28-20(27-17)24-13-7-4-3-5-8-13/h3-12H,1-2H3,(H,25,29)(H3,23,24,26,27,28). The zero-order valence-electron chi connectivity index (χ0n) is 16.3. The number of nitrogen functional groups attached to an aromatic ring is 1. The fourth-order valence-electron chi connectivity index (χ4n) is 2.57. The number of nitrogens with zero attached hydrogens (tertiary/aromatic N) is 3. The number of carbonyl (C=O) groups excluding carboxylic acids is 1. The van der Waals surface area contributed by atoms with Gasteiger partial charge in [-0.2, -0.15) is 15.0 Å². The molecular formula is C20H20Cl2N6OS. The van der Waals surface area contributed by atoms with Crippen LogP contribution >= 0.6 is 35.0 Å². The topological polar surface area (TPSA) is 106 Å². The number of nitrogens with two attached hydrogens (primary N) is 1. The Morgan fingerprint density at radius 3 is 2.33 bits per heavy atom. The first-order valence-corrected chi connectivity index (χ1v) is 10.8. The number of hydrogen-bond acceptors (Lipinski definition) is 7. The highest BCUT2D eigenvalue weighted by molar-refractivity contribution is 8.00. The highest BCUT2D eigenvalue weighted by Gasteiger charge is 2.22. The van der Waals surface area contributed by atoms with E-state index in [2.05, 4.69) is 25.6 Å². The van der Waals surface area contributed by atoms with E-state index in [-0.39, 0.29) is 17.1 Å². The van der Waals surface area contributed by atoms with Gasteiger partial charge in [0.15, 0.2) is 0 Å². The lowest BCUT2D eigenvalue weighted by Crippen LogP contribution is -2.24. The molecule has 10 heteroatoms. The molecular weight excluding hydrogens is 443 g/mol. The fraction of sp³-hybridized carbons (Fsp3) is 0.200. The van der Waals surface area contributed by atoms with E-state index in [1.54, 1.807) is 25.1 Å². The summed E-state index contributed by atoms with van der Waals surface area (Å²) >= 11 is 13.6. The quantitative estimate of drug-likeness (QED) is 0.435. The lowest BCUT2D eigenvalue weighted by molar-refractivity contribution is -0.115. The molecule has 0 spiro atoms. The lowest BCUT2D eigenvalue weighted by atomic mass is 10.3. The number of thioether (sulfide) groups is 1. The molecule has 7 nitrogen and oxygen atoms in total. The van der Waals surface area contributed by atoms with Gasteiger partial charge in [0.05, 0.1) is 26.2 Å². The van der Waals surface area contributed by atoms with Gasteiger partial charge in [0, 0.05) is 5.69 Å². The van der Waals surface area contributed by atoms with E-state index in [0.717, 1.165) is 5.69 Å². The van der Waals surface area contributed by atoms with Gasteiger partial charge in [-0.1, -0.05) is 47.5 Å². The van der Waals surface area contributed by atoms with Gasteiger partial charge in [-0.15, -0.1) is 11.8 Å². The van der Waals surface area contributed by atoms with Crippen molar-refractivity contribution in [2.75, 3.05) is 16.4 Å². The van der Waals surface area contributed by atoms with Crippen molar-refractivity contribution in [3.63, 3.8) is 0 Å². The molecule has 0 fully saturated rings. The van der Waals surface area contributed by atoms with Crippen LogP contribution in [0.1, 0.15) is 24.9 Å². The molecule has 3 aromatic rings. The van der Waals surface area contributed by atoms with Crippen LogP contribution in [0.15, 0.2) is 48.5 Å². The normalized spacial score (nSPS) is 12.8. The van der Waals surface area contributed by atoms with Crippen molar-refractivity contribution in [3.8, 4) is 0 Å². The molecule has 2 aromatic carbocycles. The van der Waals surface area contributed by atoms with E-state index in [0.29, 0.717) is 27.5 Å². The Labute approximate surface area is 188 Å². The van der Waals surface area contributed by atoms with Crippen molar-refractivity contribution in [1.29, 1.82) is 0 Å². The molecule has 1 heterocycles. The fourth-order valence-corrected chi connectivity index (χ4v) is 4.08. The summed E-state index contributed by atoms with van der Waals surface area (Å²) in [5.41, 5.74) is 7.08. The maximum Gasteiger partial charge on any atom is 0.237 e. The summed E-state index contributed by atoms with van der Waals surface area (Å²) in [7, 11) is 0. The van der Waals surface area contributed by atoms with Crippen LogP contribution in [0.2, 0.25) is 10.0 Å². The van der Waals surface area contributed by atoms with Crippen LogP contribution in [0.3, 0.4) is 0 Å². The Morgan fingerprint density at radius 2 is 1.67 bits per heavy atom. The van der Waals surface area contributed by atoms with E-state index in [4.69, 9.17) is 28.9 Å². The predicted molar refractivity (Wildman–Crippen MR) is 125 cm³/mol. The summed E-state index contributed by atoms with van der Waals surface area (Å²) in [6, 6.07) is 14.5. The molecule has 0 saturated heterocycles. The predicted octanol–water partition coefficient (Wildman–Crippen LogP) is 5.33. The van der Waals surface area contributed by atoms with Crippen LogP contribution in [-0.4, -0.2) is 26.1 Å². The smallest absolute Gasteiger partial charge is 0.237 e. The van der Waals surface area contributed by atoms with Crippen LogP contribution in [0.5, 0.6) is 0 Å². The summed E-state index contributed by atoms with van der Waals surface area (Å²) in [6.07, 6.45) is 0. The van der Waals surface area contributed by atoms with E-state index in [1.165, 1.54) is 11.8 Å². The van der Waals surface area contributed by atoms with Crippen molar-refractivity contribution < 1.29 is 4.79 Å². The molecule has 30 heavy (non-hydrogen) atoms. The van der Waals surface area contributed by atoms with E-state index >= 15 is 0 Å². The van der Waals surface area contributed by atoms with Gasteiger partial charge in [-0.25, -0.2) is 0 Å². The van der Waals surface area contributed by atoms with Gasteiger partial charge < -0.3 is 16.4 Å². The minimum Gasteiger partial charge on any atom is -0.368 e. The molecule has 0 aliphatic rings. The number of nitrogens with one attached hydrogen (secondary N) is 2. The maximum atomic E-state index is 12.6. The summed E-state index contributed by atoms with van der Waals surface area (Å²) < 4.78 is 0. The Kier molecular flexibility index (Phi) is 7.36. The summed E-state index contributed by atoms with van der Waals surface area (Å²) in [4.78, 5) is 25.4. The SMILES string of the molecule is CC(SC(C)c1nc(N)nc(Nc2ccccc2)n1)C(=O)Nc1c(Cl)cccc1Cl. The van der Waals surface area contributed by atoms with Crippen molar-refractivity contribution in [1.82, 2.24) is 15.0 Å². The van der Waals surface area contributed by atoms with Gasteiger partial charge in [0.1, 0.15) is 5.82 Å². The third-order valence-corrected chi connectivity index (χ3v) is 5.92. The minimum atomic E-state index is -0.420. The molecule has 4 N–H and O–H groups in total. The van der Waals surface area contributed by atoms with Crippen LogP contribution in [0, 0.1) is 0 Å². The molecule has 2 unspecified atom stereocenters. The largest absolute Gasteiger partial charge is 0.368 e.